The summed E-state index contributed by atoms with van der Waals surface area (Å²) in [6.45, 7) is 2.10. The molecule has 2 amide bonds. The number of carbonyl (C=O) groups is 2. The van der Waals surface area contributed by atoms with Crippen LogP contribution < -0.4 is 10.9 Å². The van der Waals surface area contributed by atoms with Gasteiger partial charge in [-0.25, -0.2) is 4.52 Å². The number of hydrogen-bond donors (Lipinski definition) is 1. The number of fused-ring (bicyclic) bond motifs is 3. The van der Waals surface area contributed by atoms with Gasteiger partial charge in [-0.1, -0.05) is 30.3 Å². The van der Waals surface area contributed by atoms with Gasteiger partial charge in [0.15, 0.2) is 0 Å². The van der Waals surface area contributed by atoms with E-state index in [0.29, 0.717) is 56.6 Å². The van der Waals surface area contributed by atoms with E-state index in [4.69, 9.17) is 5.10 Å². The van der Waals surface area contributed by atoms with Crippen LogP contribution in [0.3, 0.4) is 0 Å². The molecule has 3 aromatic carbocycles. The Bertz CT molecular complexity index is 1990. The molecule has 1 aliphatic heterocycles. The Balaban J connectivity index is 1.50. The van der Waals surface area contributed by atoms with E-state index in [1.165, 1.54) is 0 Å². The van der Waals surface area contributed by atoms with Gasteiger partial charge in [-0.05, 0) is 77.3 Å². The van der Waals surface area contributed by atoms with E-state index in [0.717, 1.165) is 11.1 Å². The van der Waals surface area contributed by atoms with Crippen molar-refractivity contribution in [2.75, 3.05) is 7.05 Å². The van der Waals surface area contributed by atoms with Crippen molar-refractivity contribution in [1.29, 1.82) is 5.26 Å². The Morgan fingerprint density at radius 3 is 2.49 bits per heavy atom. The largest absolute Gasteiger partial charge is 0.355 e. The standard InChI is InChI=1S/C33H27BrN6O3/c1-20-14-27-29(19-38(20)32(42)23-10-13-28(34)24(16-23)17-35)40-31(25(18-37-40)15-21-6-4-3-5-7-21)39(33(27)43)26-11-8-22(9-12-26)30(41)36-2/h3-13,16,18,20H,14-15,19H2,1-2H3,(H,36,41). The fraction of sp³-hybridized carbons (Fsp3) is 0.182. The normalized spacial score (nSPS) is 14.3. The molecule has 214 valence electrons. The van der Waals surface area contributed by atoms with E-state index in [1.807, 2.05) is 37.3 Å². The molecule has 0 saturated carbocycles. The lowest BCUT2D eigenvalue weighted by Gasteiger charge is -2.35. The van der Waals surface area contributed by atoms with Crippen LogP contribution >= 0.6 is 15.9 Å². The van der Waals surface area contributed by atoms with Crippen molar-refractivity contribution in [3.05, 3.63) is 133 Å². The number of hydrogen-bond acceptors (Lipinski definition) is 5. The van der Waals surface area contributed by atoms with Gasteiger partial charge < -0.3 is 10.2 Å². The van der Waals surface area contributed by atoms with Crippen molar-refractivity contribution in [2.45, 2.75) is 32.4 Å². The molecule has 1 unspecified atom stereocenters. The summed E-state index contributed by atoms with van der Waals surface area (Å²) in [6.07, 6.45) is 2.66. The fourth-order valence-corrected chi connectivity index (χ4v) is 5.99. The highest BCUT2D eigenvalue weighted by Gasteiger charge is 2.33. The van der Waals surface area contributed by atoms with Gasteiger partial charge in [0.25, 0.3) is 17.4 Å². The second-order valence-corrected chi connectivity index (χ2v) is 11.4. The van der Waals surface area contributed by atoms with E-state index >= 15 is 0 Å². The van der Waals surface area contributed by atoms with Crippen molar-refractivity contribution < 1.29 is 9.59 Å². The molecule has 6 rings (SSSR count). The first-order valence-electron chi connectivity index (χ1n) is 13.8. The summed E-state index contributed by atoms with van der Waals surface area (Å²) in [5.74, 6) is -0.434. The lowest BCUT2D eigenvalue weighted by atomic mass is 9.97. The van der Waals surface area contributed by atoms with Crippen molar-refractivity contribution in [3.63, 3.8) is 0 Å². The Hall–Kier alpha value is -5.01. The van der Waals surface area contributed by atoms with Crippen molar-refractivity contribution in [1.82, 2.24) is 24.4 Å². The Labute approximate surface area is 256 Å². The molecule has 1 aliphatic rings. The predicted molar refractivity (Wildman–Crippen MR) is 165 cm³/mol. The van der Waals surface area contributed by atoms with Crippen LogP contribution in [0, 0.1) is 11.3 Å². The second kappa shape index (κ2) is 11.3. The third kappa shape index (κ3) is 5.02. The molecule has 10 heteroatoms. The molecule has 0 aliphatic carbocycles. The van der Waals surface area contributed by atoms with Crippen LogP contribution in [0.2, 0.25) is 0 Å². The highest BCUT2D eigenvalue weighted by Crippen LogP contribution is 2.28. The smallest absolute Gasteiger partial charge is 0.261 e. The van der Waals surface area contributed by atoms with Gasteiger partial charge in [0, 0.05) is 46.2 Å². The first-order chi connectivity index (χ1) is 20.8. The third-order valence-electron chi connectivity index (χ3n) is 7.89. The van der Waals surface area contributed by atoms with Crippen molar-refractivity contribution >= 4 is 33.4 Å². The number of rotatable bonds is 5. The van der Waals surface area contributed by atoms with Crippen LogP contribution in [0.5, 0.6) is 0 Å². The summed E-state index contributed by atoms with van der Waals surface area (Å²) in [5, 5.41) is 16.8. The molecule has 0 radical (unpaired) electrons. The van der Waals surface area contributed by atoms with Gasteiger partial charge in [-0.2, -0.15) is 10.4 Å². The molecule has 5 aromatic rings. The number of nitriles is 1. The maximum atomic E-state index is 14.3. The first-order valence-corrected chi connectivity index (χ1v) is 14.6. The fourth-order valence-electron chi connectivity index (χ4n) is 5.65. The molecule has 0 bridgehead atoms. The summed E-state index contributed by atoms with van der Waals surface area (Å²) in [6, 6.07) is 23.7. The minimum atomic E-state index is -0.275. The number of nitrogens with one attached hydrogen (secondary N) is 1. The molecule has 0 spiro atoms. The summed E-state index contributed by atoms with van der Waals surface area (Å²) in [4.78, 5) is 41.9. The Morgan fingerprint density at radius 2 is 1.79 bits per heavy atom. The monoisotopic (exact) mass is 634 g/mol. The summed E-state index contributed by atoms with van der Waals surface area (Å²) < 4.78 is 4.06. The predicted octanol–water partition coefficient (Wildman–Crippen LogP) is 4.66. The molecule has 43 heavy (non-hydrogen) atoms. The zero-order valence-electron chi connectivity index (χ0n) is 23.5. The van der Waals surface area contributed by atoms with Gasteiger partial charge in [0.1, 0.15) is 11.7 Å². The van der Waals surface area contributed by atoms with Crippen molar-refractivity contribution in [3.8, 4) is 11.8 Å². The first kappa shape index (κ1) is 28.1. The topological polar surface area (TPSA) is 112 Å². The quantitative estimate of drug-likeness (QED) is 0.302. The minimum absolute atomic E-state index is 0.181. The molecular weight excluding hydrogens is 608 g/mol. The molecule has 2 aromatic heterocycles. The van der Waals surface area contributed by atoms with E-state index in [2.05, 4.69) is 27.3 Å². The zero-order valence-corrected chi connectivity index (χ0v) is 25.1. The molecule has 1 atom stereocenters. The highest BCUT2D eigenvalue weighted by atomic mass is 79.9. The number of benzene rings is 3. The summed E-state index contributed by atoms with van der Waals surface area (Å²) in [5.41, 5.74) is 5.47. The third-order valence-corrected chi connectivity index (χ3v) is 8.58. The van der Waals surface area contributed by atoms with Crippen LogP contribution in [0.15, 0.2) is 88.3 Å². The lowest BCUT2D eigenvalue weighted by molar-refractivity contribution is 0.0651. The molecule has 1 N–H and O–H groups in total. The maximum Gasteiger partial charge on any atom is 0.261 e. The Kier molecular flexibility index (Phi) is 7.42. The van der Waals surface area contributed by atoms with Crippen LogP contribution in [0.25, 0.3) is 11.3 Å². The molecular formula is C33H27BrN6O3. The van der Waals surface area contributed by atoms with Gasteiger partial charge in [0.05, 0.1) is 29.7 Å². The van der Waals surface area contributed by atoms with E-state index in [1.54, 1.807) is 69.7 Å². The number of carbonyl (C=O) groups excluding carboxylic acids is 2. The SMILES string of the molecule is CNC(=O)c1ccc(-n2c(=O)c3c(n4ncc(Cc5ccccc5)c24)CN(C(=O)c2ccc(Br)c(C#N)c2)C(C)C3)cc1. The van der Waals surface area contributed by atoms with E-state index in [9.17, 15) is 19.6 Å². The zero-order chi connectivity index (χ0) is 30.2. The van der Waals surface area contributed by atoms with Crippen LogP contribution in [-0.2, 0) is 19.4 Å². The minimum Gasteiger partial charge on any atom is -0.355 e. The highest BCUT2D eigenvalue weighted by molar-refractivity contribution is 9.10. The second-order valence-electron chi connectivity index (χ2n) is 10.6. The molecule has 9 nitrogen and oxygen atoms in total. The number of aromatic nitrogens is 3. The molecule has 0 fully saturated rings. The summed E-state index contributed by atoms with van der Waals surface area (Å²) in [7, 11) is 1.57. The molecule has 3 heterocycles. The summed E-state index contributed by atoms with van der Waals surface area (Å²) >= 11 is 3.35. The van der Waals surface area contributed by atoms with Gasteiger partial charge in [-0.3, -0.25) is 19.0 Å². The van der Waals surface area contributed by atoms with Gasteiger partial charge in [-0.15, -0.1) is 0 Å². The average molecular weight is 636 g/mol. The van der Waals surface area contributed by atoms with Crippen LogP contribution in [-0.4, -0.2) is 44.0 Å². The number of amides is 2. The molecule has 0 saturated heterocycles. The van der Waals surface area contributed by atoms with Gasteiger partial charge >= 0.3 is 0 Å². The van der Waals surface area contributed by atoms with Crippen LogP contribution in [0.4, 0.5) is 0 Å². The Morgan fingerprint density at radius 1 is 1.07 bits per heavy atom. The maximum absolute atomic E-state index is 14.3. The van der Waals surface area contributed by atoms with E-state index in [-0.39, 0.29) is 30.0 Å². The van der Waals surface area contributed by atoms with Crippen LogP contribution in [0.1, 0.15) is 55.6 Å². The van der Waals surface area contributed by atoms with Crippen molar-refractivity contribution in [2.24, 2.45) is 0 Å². The average Bonchev–Trinajstić information content (AvgIpc) is 3.44. The number of halogens is 1. The number of nitrogens with zero attached hydrogens (tertiary/aromatic N) is 5. The van der Waals surface area contributed by atoms with Gasteiger partial charge in [0.2, 0.25) is 0 Å². The van der Waals surface area contributed by atoms with E-state index < -0.39 is 0 Å². The lowest BCUT2D eigenvalue weighted by Crippen LogP contribution is -2.46.